The zero-order valence-corrected chi connectivity index (χ0v) is 8.74. The van der Waals surface area contributed by atoms with Gasteiger partial charge in [-0.2, -0.15) is 0 Å². The Kier molecular flexibility index (Phi) is 3.44. The van der Waals surface area contributed by atoms with Crippen molar-refractivity contribution in [3.05, 3.63) is 22.3 Å². The van der Waals surface area contributed by atoms with Gasteiger partial charge in [0.05, 0.1) is 16.3 Å². The van der Waals surface area contributed by atoms with E-state index in [0.717, 1.165) is 6.07 Å². The normalized spacial score (nSPS) is 10.8. The number of nitrogens with two attached hydrogens (primary N) is 1. The molecule has 0 saturated carbocycles. The molecule has 13 heavy (non-hydrogen) atoms. The Morgan fingerprint density at radius 2 is 2.23 bits per heavy atom. The van der Waals surface area contributed by atoms with Crippen molar-refractivity contribution in [3.8, 4) is 0 Å². The highest BCUT2D eigenvalue weighted by Gasteiger charge is 2.15. The fourth-order valence-electron chi connectivity index (χ4n) is 0.826. The predicted octanol–water partition coefficient (Wildman–Crippen LogP) is 3.15. The summed E-state index contributed by atoms with van der Waals surface area (Å²) in [5.41, 5.74) is 5.43. The fraction of sp³-hybridized carbons (Fsp3) is 0.286. The first-order valence-corrected chi connectivity index (χ1v) is 4.85. The minimum Gasteiger partial charge on any atom is -0.383 e. The maximum atomic E-state index is 12.3. The molecule has 0 radical (unpaired) electrons. The number of hydrogen-bond donors (Lipinski definition) is 1. The van der Waals surface area contributed by atoms with Crippen molar-refractivity contribution in [2.24, 2.45) is 0 Å². The Bertz CT molecular complexity index is 320. The summed E-state index contributed by atoms with van der Waals surface area (Å²) >= 11 is 8.78. The molecule has 1 rings (SSSR count). The number of alkyl halides is 3. The lowest BCUT2D eigenvalue weighted by Gasteiger charge is -2.06. The first-order chi connectivity index (χ1) is 6.06. The summed E-state index contributed by atoms with van der Waals surface area (Å²) in [5, 5.41) is 0.584. The van der Waals surface area contributed by atoms with E-state index in [2.05, 4.69) is 20.9 Å². The molecule has 0 aromatic carbocycles. The van der Waals surface area contributed by atoms with Crippen molar-refractivity contribution < 1.29 is 8.78 Å². The smallest absolute Gasteiger partial charge is 0.267 e. The minimum atomic E-state index is -2.64. The Morgan fingerprint density at radius 3 is 2.69 bits per heavy atom. The number of rotatable bonds is 2. The van der Waals surface area contributed by atoms with E-state index < -0.39 is 6.43 Å². The molecule has 0 unspecified atom stereocenters. The van der Waals surface area contributed by atoms with E-state index in [0.29, 0.717) is 11.0 Å². The zero-order chi connectivity index (χ0) is 10.0. The van der Waals surface area contributed by atoms with Gasteiger partial charge in [0.25, 0.3) is 6.43 Å². The van der Waals surface area contributed by atoms with Gasteiger partial charge in [0.1, 0.15) is 5.82 Å². The highest BCUT2D eigenvalue weighted by Crippen LogP contribution is 2.28. The zero-order valence-electron chi connectivity index (χ0n) is 6.40. The van der Waals surface area contributed by atoms with Crippen LogP contribution >= 0.6 is 27.5 Å². The van der Waals surface area contributed by atoms with E-state index in [1.165, 1.54) is 0 Å². The second-order valence-corrected chi connectivity index (χ2v) is 3.29. The van der Waals surface area contributed by atoms with Crippen LogP contribution in [-0.2, 0) is 5.33 Å². The molecule has 1 aromatic rings. The molecular formula is C7H6BrClF2N2. The van der Waals surface area contributed by atoms with E-state index in [9.17, 15) is 8.78 Å². The number of anilines is 1. The quantitative estimate of drug-likeness (QED) is 0.839. The van der Waals surface area contributed by atoms with E-state index in [4.69, 9.17) is 17.3 Å². The highest BCUT2D eigenvalue weighted by atomic mass is 79.9. The summed E-state index contributed by atoms with van der Waals surface area (Å²) in [6.45, 7) is 0. The van der Waals surface area contributed by atoms with E-state index in [1.807, 2.05) is 0 Å². The largest absolute Gasteiger partial charge is 0.383 e. The topological polar surface area (TPSA) is 38.9 Å². The maximum Gasteiger partial charge on any atom is 0.267 e. The molecule has 0 atom stereocenters. The van der Waals surface area contributed by atoms with E-state index >= 15 is 0 Å². The van der Waals surface area contributed by atoms with Crippen LogP contribution in [0, 0.1) is 0 Å². The molecule has 0 aliphatic heterocycles. The van der Waals surface area contributed by atoms with Gasteiger partial charge in [-0.3, -0.25) is 0 Å². The van der Waals surface area contributed by atoms with Crippen LogP contribution in [0.15, 0.2) is 6.07 Å². The second-order valence-electron chi connectivity index (χ2n) is 2.33. The SMILES string of the molecule is Nc1nc(CBr)c(Cl)cc1C(F)F. The standard InChI is InChI=1S/C7H6BrClF2N2/c8-2-5-4(9)1-3(6(10)11)7(12)13-5/h1,6H,2H2,(H2,12,13). The Hall–Kier alpha value is -0.420. The molecular weight excluding hydrogens is 265 g/mol. The summed E-state index contributed by atoms with van der Waals surface area (Å²) in [4.78, 5) is 3.73. The monoisotopic (exact) mass is 270 g/mol. The third kappa shape index (κ3) is 2.28. The van der Waals surface area contributed by atoms with Crippen LogP contribution in [-0.4, -0.2) is 4.98 Å². The Morgan fingerprint density at radius 1 is 1.62 bits per heavy atom. The van der Waals surface area contributed by atoms with Crippen LogP contribution in [0.5, 0.6) is 0 Å². The lowest BCUT2D eigenvalue weighted by Crippen LogP contribution is -2.01. The van der Waals surface area contributed by atoms with Crippen LogP contribution in [0.4, 0.5) is 14.6 Å². The summed E-state index contributed by atoms with van der Waals surface area (Å²) in [7, 11) is 0. The van der Waals surface area contributed by atoms with Crippen LogP contribution in [0.25, 0.3) is 0 Å². The molecule has 6 heteroatoms. The highest BCUT2D eigenvalue weighted by molar-refractivity contribution is 9.08. The van der Waals surface area contributed by atoms with Gasteiger partial charge in [-0.05, 0) is 6.07 Å². The maximum absolute atomic E-state index is 12.3. The van der Waals surface area contributed by atoms with E-state index in [1.54, 1.807) is 0 Å². The van der Waals surface area contributed by atoms with Crippen LogP contribution < -0.4 is 5.73 Å². The molecule has 0 spiro atoms. The third-order valence-corrected chi connectivity index (χ3v) is 2.33. The van der Waals surface area contributed by atoms with Gasteiger partial charge in [0, 0.05) is 5.33 Å². The van der Waals surface area contributed by atoms with E-state index in [-0.39, 0.29) is 16.4 Å². The molecule has 0 saturated heterocycles. The molecule has 0 amide bonds. The van der Waals surface area contributed by atoms with Crippen LogP contribution in [0.1, 0.15) is 17.7 Å². The number of aromatic nitrogens is 1. The van der Waals surface area contributed by atoms with Gasteiger partial charge >= 0.3 is 0 Å². The van der Waals surface area contributed by atoms with Crippen LogP contribution in [0.2, 0.25) is 5.02 Å². The summed E-state index contributed by atoms with van der Waals surface area (Å²) in [6, 6.07) is 1.14. The summed E-state index contributed by atoms with van der Waals surface area (Å²) in [6.07, 6.45) is -2.64. The number of hydrogen-bond acceptors (Lipinski definition) is 2. The van der Waals surface area contributed by atoms with Gasteiger partial charge in [0.15, 0.2) is 0 Å². The van der Waals surface area contributed by atoms with Gasteiger partial charge in [0.2, 0.25) is 0 Å². The van der Waals surface area contributed by atoms with Gasteiger partial charge < -0.3 is 5.73 Å². The van der Waals surface area contributed by atoms with Crippen molar-refractivity contribution in [2.75, 3.05) is 5.73 Å². The van der Waals surface area contributed by atoms with Gasteiger partial charge in [-0.25, -0.2) is 13.8 Å². The Balaban J connectivity index is 3.20. The number of nitrogen functional groups attached to an aromatic ring is 1. The molecule has 0 fully saturated rings. The van der Waals surface area contributed by atoms with Crippen molar-refractivity contribution in [3.63, 3.8) is 0 Å². The predicted molar refractivity (Wildman–Crippen MR) is 51.2 cm³/mol. The molecule has 0 bridgehead atoms. The van der Waals surface area contributed by atoms with Crippen molar-refractivity contribution in [1.29, 1.82) is 0 Å². The lowest BCUT2D eigenvalue weighted by atomic mass is 10.2. The van der Waals surface area contributed by atoms with Gasteiger partial charge in [-0.1, -0.05) is 27.5 Å². The first-order valence-electron chi connectivity index (χ1n) is 3.35. The average Bonchev–Trinajstić information content (AvgIpc) is 2.07. The molecule has 72 valence electrons. The summed E-state index contributed by atoms with van der Waals surface area (Å²) < 4.78 is 24.5. The molecule has 2 N–H and O–H groups in total. The second kappa shape index (κ2) is 4.19. The van der Waals surface area contributed by atoms with Crippen LogP contribution in [0.3, 0.4) is 0 Å². The number of halogens is 4. The summed E-state index contributed by atoms with van der Waals surface area (Å²) in [5.74, 6) is -0.172. The molecule has 0 aliphatic carbocycles. The molecule has 1 aromatic heterocycles. The van der Waals surface area contributed by atoms with Crippen molar-refractivity contribution in [2.45, 2.75) is 11.8 Å². The third-order valence-electron chi connectivity index (χ3n) is 1.47. The fourth-order valence-corrected chi connectivity index (χ4v) is 1.64. The minimum absolute atomic E-state index is 0.172. The molecule has 0 aliphatic rings. The Labute approximate surface area is 87.2 Å². The number of pyridine rings is 1. The average molecular weight is 271 g/mol. The first kappa shape index (κ1) is 10.7. The molecule has 1 heterocycles. The lowest BCUT2D eigenvalue weighted by molar-refractivity contribution is 0.152. The molecule has 2 nitrogen and oxygen atoms in total. The van der Waals surface area contributed by atoms with Gasteiger partial charge in [-0.15, -0.1) is 0 Å². The number of nitrogens with zero attached hydrogens (tertiary/aromatic N) is 1. The van der Waals surface area contributed by atoms with Crippen molar-refractivity contribution in [1.82, 2.24) is 4.98 Å². The van der Waals surface area contributed by atoms with Crippen molar-refractivity contribution >= 4 is 33.3 Å².